The second-order valence-corrected chi connectivity index (χ2v) is 12.9. The summed E-state index contributed by atoms with van der Waals surface area (Å²) in [5.41, 5.74) is -2.48. The highest BCUT2D eigenvalue weighted by atomic mass is 79.9. The molecule has 0 spiro atoms. The van der Waals surface area contributed by atoms with Crippen molar-refractivity contribution < 1.29 is 32.2 Å². The number of rotatable bonds is 6. The maximum atomic E-state index is 13.5. The molecule has 1 aliphatic carbocycles. The SMILES string of the molecule is COC(=O)[C@]12Oc3c(cc(Br)cc3S(=O)(=O)NC(C)(C)CC(C)(C)C)[C@H]1CC(OC)=CC2=O. The first-order chi connectivity index (χ1) is 15.1. The third kappa shape index (κ3) is 4.70. The predicted octanol–water partition coefficient (Wildman–Crippen LogP) is 3.83. The second kappa shape index (κ2) is 8.39. The Balaban J connectivity index is 2.16. The topological polar surface area (TPSA) is 108 Å². The molecule has 1 aliphatic heterocycles. The molecule has 2 aliphatic rings. The van der Waals surface area contributed by atoms with E-state index in [-0.39, 0.29) is 22.5 Å². The van der Waals surface area contributed by atoms with Crippen LogP contribution in [-0.2, 0) is 29.1 Å². The van der Waals surface area contributed by atoms with Crippen LogP contribution in [0, 0.1) is 5.41 Å². The van der Waals surface area contributed by atoms with Gasteiger partial charge in [0.1, 0.15) is 16.4 Å². The third-order valence-corrected chi connectivity index (χ3v) is 7.83. The summed E-state index contributed by atoms with van der Waals surface area (Å²) in [6, 6.07) is 3.07. The zero-order valence-electron chi connectivity index (χ0n) is 19.9. The minimum atomic E-state index is -4.09. The minimum absolute atomic E-state index is 0.0354. The van der Waals surface area contributed by atoms with Gasteiger partial charge in [-0.15, -0.1) is 0 Å². The number of hydrogen-bond acceptors (Lipinski definition) is 7. The molecule has 0 bridgehead atoms. The van der Waals surface area contributed by atoms with Crippen LogP contribution < -0.4 is 9.46 Å². The zero-order chi connectivity index (χ0) is 25.0. The van der Waals surface area contributed by atoms with Gasteiger partial charge in [0, 0.05) is 28.1 Å². The number of ether oxygens (including phenoxy) is 3. The van der Waals surface area contributed by atoms with Crippen LogP contribution in [0.15, 0.2) is 33.3 Å². The highest BCUT2D eigenvalue weighted by Crippen LogP contribution is 2.54. The number of carbonyl (C=O) groups excluding carboxylic acids is 2. The molecular formula is C23H30BrNO7S. The Bertz CT molecular complexity index is 1130. The van der Waals surface area contributed by atoms with E-state index in [9.17, 15) is 18.0 Å². The van der Waals surface area contributed by atoms with Crippen molar-refractivity contribution in [2.75, 3.05) is 14.2 Å². The first-order valence-electron chi connectivity index (χ1n) is 10.5. The second-order valence-electron chi connectivity index (χ2n) is 10.3. The normalized spacial score (nSPS) is 22.7. The van der Waals surface area contributed by atoms with E-state index >= 15 is 0 Å². The van der Waals surface area contributed by atoms with Gasteiger partial charge >= 0.3 is 5.97 Å². The van der Waals surface area contributed by atoms with Gasteiger partial charge in [-0.05, 0) is 37.8 Å². The van der Waals surface area contributed by atoms with E-state index in [1.54, 1.807) is 6.07 Å². The quantitative estimate of drug-likeness (QED) is 0.429. The smallest absolute Gasteiger partial charge is 0.359 e. The molecule has 1 aromatic rings. The molecule has 2 atom stereocenters. The number of fused-ring (bicyclic) bond motifs is 3. The summed E-state index contributed by atoms with van der Waals surface area (Å²) < 4.78 is 46.5. The Morgan fingerprint density at radius 2 is 1.88 bits per heavy atom. The minimum Gasteiger partial charge on any atom is -0.501 e. The van der Waals surface area contributed by atoms with Crippen LogP contribution in [-0.4, -0.2) is 45.5 Å². The number of nitrogens with one attached hydrogen (secondary N) is 1. The van der Waals surface area contributed by atoms with Gasteiger partial charge in [-0.25, -0.2) is 17.9 Å². The summed E-state index contributed by atoms with van der Waals surface area (Å²) in [6.07, 6.45) is 1.95. The van der Waals surface area contributed by atoms with Gasteiger partial charge in [-0.1, -0.05) is 36.7 Å². The summed E-state index contributed by atoms with van der Waals surface area (Å²) in [5, 5.41) is 0. The summed E-state index contributed by atoms with van der Waals surface area (Å²) in [6.45, 7) is 9.70. The molecule has 182 valence electrons. The van der Waals surface area contributed by atoms with E-state index < -0.39 is 38.8 Å². The van der Waals surface area contributed by atoms with Crippen molar-refractivity contribution >= 4 is 37.7 Å². The fraction of sp³-hybridized carbons (Fsp3) is 0.565. The molecule has 3 rings (SSSR count). The lowest BCUT2D eigenvalue weighted by molar-refractivity contribution is -0.164. The molecular weight excluding hydrogens is 514 g/mol. The Morgan fingerprint density at radius 1 is 1.24 bits per heavy atom. The van der Waals surface area contributed by atoms with Crippen LogP contribution in [0.1, 0.15) is 58.9 Å². The van der Waals surface area contributed by atoms with E-state index in [1.165, 1.54) is 19.3 Å². The van der Waals surface area contributed by atoms with E-state index in [4.69, 9.17) is 14.2 Å². The Kier molecular flexibility index (Phi) is 6.54. The van der Waals surface area contributed by atoms with Gasteiger partial charge in [0.15, 0.2) is 0 Å². The van der Waals surface area contributed by atoms with Crippen molar-refractivity contribution in [3.05, 3.63) is 34.0 Å². The van der Waals surface area contributed by atoms with Gasteiger partial charge in [0.05, 0.1) is 20.1 Å². The van der Waals surface area contributed by atoms with Crippen molar-refractivity contribution in [1.29, 1.82) is 0 Å². The van der Waals surface area contributed by atoms with E-state index in [0.29, 0.717) is 22.2 Å². The van der Waals surface area contributed by atoms with Crippen LogP contribution in [0.25, 0.3) is 0 Å². The molecule has 0 saturated carbocycles. The molecule has 1 heterocycles. The largest absolute Gasteiger partial charge is 0.501 e. The van der Waals surface area contributed by atoms with Crippen LogP contribution in [0.5, 0.6) is 5.75 Å². The summed E-state index contributed by atoms with van der Waals surface area (Å²) in [7, 11) is -1.50. The molecule has 0 radical (unpaired) electrons. The van der Waals surface area contributed by atoms with Crippen molar-refractivity contribution in [2.45, 2.75) is 69.4 Å². The first-order valence-corrected chi connectivity index (χ1v) is 12.8. The number of sulfonamides is 1. The fourth-order valence-corrected chi connectivity index (χ4v) is 7.18. The van der Waals surface area contributed by atoms with Crippen LogP contribution in [0.3, 0.4) is 0 Å². The molecule has 0 fully saturated rings. The average molecular weight is 544 g/mol. The zero-order valence-corrected chi connectivity index (χ0v) is 22.3. The maximum absolute atomic E-state index is 13.5. The van der Waals surface area contributed by atoms with Gasteiger partial charge < -0.3 is 14.2 Å². The van der Waals surface area contributed by atoms with Gasteiger partial charge in [-0.2, -0.15) is 0 Å². The molecule has 0 saturated heterocycles. The van der Waals surface area contributed by atoms with Crippen LogP contribution >= 0.6 is 15.9 Å². The molecule has 1 aromatic carbocycles. The lowest BCUT2D eigenvalue weighted by Crippen LogP contribution is -2.55. The lowest BCUT2D eigenvalue weighted by atomic mass is 9.75. The number of hydrogen-bond donors (Lipinski definition) is 1. The van der Waals surface area contributed by atoms with E-state index in [2.05, 4.69) is 20.7 Å². The Hall–Kier alpha value is -1.91. The Morgan fingerprint density at radius 3 is 2.42 bits per heavy atom. The summed E-state index contributed by atoms with van der Waals surface area (Å²) >= 11 is 3.38. The number of ketones is 1. The van der Waals surface area contributed by atoms with Crippen molar-refractivity contribution in [3.8, 4) is 5.75 Å². The number of methoxy groups -OCH3 is 2. The maximum Gasteiger partial charge on any atom is 0.359 e. The summed E-state index contributed by atoms with van der Waals surface area (Å²) in [4.78, 5) is 25.8. The number of allylic oxidation sites excluding steroid dienone is 1. The predicted molar refractivity (Wildman–Crippen MR) is 125 cm³/mol. The standard InChI is InChI=1S/C23H30BrNO7S/c1-21(2,3)12-22(4,5)25-33(28,29)17-9-13(24)8-15-16-10-14(30-6)11-18(26)23(16,20(27)31-7)32-19(15)17/h8-9,11,16,25H,10,12H2,1-7H3/t16-,23+/m1/s1. The lowest BCUT2D eigenvalue weighted by Gasteiger charge is -2.33. The molecule has 0 aromatic heterocycles. The fourth-order valence-electron chi connectivity index (χ4n) is 4.96. The average Bonchev–Trinajstić information content (AvgIpc) is 2.99. The third-order valence-electron chi connectivity index (χ3n) is 5.66. The number of carbonyl (C=O) groups is 2. The van der Waals surface area contributed by atoms with Gasteiger partial charge in [-0.3, -0.25) is 4.79 Å². The highest BCUT2D eigenvalue weighted by Gasteiger charge is 2.63. The number of esters is 1. The van der Waals surface area contributed by atoms with Crippen LogP contribution in [0.2, 0.25) is 0 Å². The number of halogens is 1. The molecule has 10 heteroatoms. The van der Waals surface area contributed by atoms with E-state index in [1.807, 2.05) is 34.6 Å². The summed E-state index contributed by atoms with van der Waals surface area (Å²) in [5.74, 6) is -2.01. The number of benzene rings is 1. The molecule has 0 unspecified atom stereocenters. The molecule has 0 amide bonds. The van der Waals surface area contributed by atoms with Crippen LogP contribution in [0.4, 0.5) is 0 Å². The van der Waals surface area contributed by atoms with E-state index in [0.717, 1.165) is 7.11 Å². The van der Waals surface area contributed by atoms with Gasteiger partial charge in [0.25, 0.3) is 5.60 Å². The first kappa shape index (κ1) is 25.7. The van der Waals surface area contributed by atoms with Gasteiger partial charge in [0.2, 0.25) is 15.8 Å². The monoisotopic (exact) mass is 543 g/mol. The highest BCUT2D eigenvalue weighted by molar-refractivity contribution is 9.10. The van der Waals surface area contributed by atoms with Crippen molar-refractivity contribution in [3.63, 3.8) is 0 Å². The Labute approximate surface area is 203 Å². The molecule has 33 heavy (non-hydrogen) atoms. The molecule has 1 N–H and O–H groups in total. The van der Waals surface area contributed by atoms with Crippen molar-refractivity contribution in [2.24, 2.45) is 5.41 Å². The van der Waals surface area contributed by atoms with Crippen molar-refractivity contribution in [1.82, 2.24) is 4.72 Å². The molecule has 8 nitrogen and oxygen atoms in total.